The average molecular weight is 286 g/mol. The molecule has 5 nitrogen and oxygen atoms in total. The maximum atomic E-state index is 5.16. The lowest BCUT2D eigenvalue weighted by Gasteiger charge is -2.24. The summed E-state index contributed by atoms with van der Waals surface area (Å²) in [6.45, 7) is 3.58. The van der Waals surface area contributed by atoms with Crippen molar-refractivity contribution in [2.45, 2.75) is 32.0 Å². The van der Waals surface area contributed by atoms with Gasteiger partial charge in [-0.25, -0.2) is 4.98 Å². The summed E-state index contributed by atoms with van der Waals surface area (Å²) in [6.07, 6.45) is 10.2. The molecule has 0 N–H and O–H groups in total. The van der Waals surface area contributed by atoms with Crippen molar-refractivity contribution in [1.82, 2.24) is 19.4 Å². The first-order valence-corrected chi connectivity index (χ1v) is 7.51. The monoisotopic (exact) mass is 286 g/mol. The zero-order chi connectivity index (χ0) is 14.5. The van der Waals surface area contributed by atoms with Crippen LogP contribution in [0.5, 0.6) is 0 Å². The first-order valence-electron chi connectivity index (χ1n) is 7.51. The molecule has 1 unspecified atom stereocenters. The molecule has 0 aliphatic carbocycles. The SMILES string of the molecule is COCCn1ccnc1CN1CCCC1c1cccnc1. The van der Waals surface area contributed by atoms with E-state index in [0.29, 0.717) is 6.04 Å². The standard InChI is InChI=1S/C16H22N4O/c1-21-11-10-19-9-7-18-16(19)13-20-8-3-5-15(20)14-4-2-6-17-12-14/h2,4,6-7,9,12,15H,3,5,8,10-11,13H2,1H3. The van der Waals surface area contributed by atoms with E-state index in [9.17, 15) is 0 Å². The lowest BCUT2D eigenvalue weighted by Crippen LogP contribution is -2.25. The number of pyridine rings is 1. The van der Waals surface area contributed by atoms with Crippen molar-refractivity contribution >= 4 is 0 Å². The van der Waals surface area contributed by atoms with Crippen LogP contribution in [0.15, 0.2) is 36.9 Å². The van der Waals surface area contributed by atoms with Crippen LogP contribution in [0.4, 0.5) is 0 Å². The van der Waals surface area contributed by atoms with E-state index in [4.69, 9.17) is 4.74 Å². The van der Waals surface area contributed by atoms with Gasteiger partial charge in [-0.3, -0.25) is 9.88 Å². The van der Waals surface area contributed by atoms with Crippen LogP contribution in [0.25, 0.3) is 0 Å². The van der Waals surface area contributed by atoms with Crippen LogP contribution >= 0.6 is 0 Å². The highest BCUT2D eigenvalue weighted by atomic mass is 16.5. The average Bonchev–Trinajstić information content (AvgIpc) is 3.16. The van der Waals surface area contributed by atoms with Gasteiger partial charge in [-0.2, -0.15) is 0 Å². The molecule has 3 rings (SSSR count). The Morgan fingerprint density at radius 3 is 3.14 bits per heavy atom. The molecule has 3 heterocycles. The third-order valence-electron chi connectivity index (χ3n) is 4.12. The minimum absolute atomic E-state index is 0.464. The van der Waals surface area contributed by atoms with Gasteiger partial charge < -0.3 is 9.30 Å². The van der Waals surface area contributed by atoms with Gasteiger partial charge in [0.05, 0.1) is 13.2 Å². The molecule has 21 heavy (non-hydrogen) atoms. The first kappa shape index (κ1) is 14.2. The summed E-state index contributed by atoms with van der Waals surface area (Å²) >= 11 is 0. The molecule has 1 aliphatic rings. The van der Waals surface area contributed by atoms with Crippen molar-refractivity contribution in [3.05, 3.63) is 48.3 Å². The zero-order valence-corrected chi connectivity index (χ0v) is 12.5. The Kier molecular flexibility index (Phi) is 4.62. The highest BCUT2D eigenvalue weighted by molar-refractivity contribution is 5.15. The molecular formula is C16H22N4O. The van der Waals surface area contributed by atoms with E-state index in [1.807, 2.05) is 30.9 Å². The summed E-state index contributed by atoms with van der Waals surface area (Å²) in [6, 6.07) is 4.66. The van der Waals surface area contributed by atoms with E-state index >= 15 is 0 Å². The first-order chi connectivity index (χ1) is 10.4. The van der Waals surface area contributed by atoms with Crippen molar-refractivity contribution in [1.29, 1.82) is 0 Å². The lowest BCUT2D eigenvalue weighted by molar-refractivity contribution is 0.182. The van der Waals surface area contributed by atoms with E-state index in [0.717, 1.165) is 32.1 Å². The molecule has 1 saturated heterocycles. The minimum Gasteiger partial charge on any atom is -0.383 e. The molecule has 0 aromatic carbocycles. The van der Waals surface area contributed by atoms with E-state index in [-0.39, 0.29) is 0 Å². The van der Waals surface area contributed by atoms with Crippen LogP contribution in [0, 0.1) is 0 Å². The van der Waals surface area contributed by atoms with Gasteiger partial charge in [0.1, 0.15) is 5.82 Å². The second-order valence-corrected chi connectivity index (χ2v) is 5.44. The number of imidazole rings is 1. The normalized spacial score (nSPS) is 19.2. The van der Waals surface area contributed by atoms with Gasteiger partial charge in [0.15, 0.2) is 0 Å². The number of hydrogen-bond donors (Lipinski definition) is 0. The number of nitrogens with zero attached hydrogens (tertiary/aromatic N) is 4. The molecule has 0 saturated carbocycles. The molecule has 112 valence electrons. The van der Waals surface area contributed by atoms with Crippen molar-refractivity contribution in [3.8, 4) is 0 Å². The van der Waals surface area contributed by atoms with Gasteiger partial charge >= 0.3 is 0 Å². The summed E-state index contributed by atoms with van der Waals surface area (Å²) in [5.41, 5.74) is 1.31. The van der Waals surface area contributed by atoms with Crippen molar-refractivity contribution in [2.75, 3.05) is 20.3 Å². The largest absolute Gasteiger partial charge is 0.383 e. The summed E-state index contributed by atoms with van der Waals surface area (Å²) in [5, 5.41) is 0. The maximum Gasteiger partial charge on any atom is 0.122 e. The Labute approximate surface area is 125 Å². The zero-order valence-electron chi connectivity index (χ0n) is 12.5. The third kappa shape index (κ3) is 3.31. The predicted molar refractivity (Wildman–Crippen MR) is 80.7 cm³/mol. The number of rotatable bonds is 6. The Hall–Kier alpha value is -1.72. The van der Waals surface area contributed by atoms with Crippen LogP contribution in [-0.2, 0) is 17.8 Å². The van der Waals surface area contributed by atoms with E-state index < -0.39 is 0 Å². The van der Waals surface area contributed by atoms with Gasteiger partial charge in [-0.05, 0) is 31.0 Å². The maximum absolute atomic E-state index is 5.16. The van der Waals surface area contributed by atoms with E-state index in [2.05, 4.69) is 25.5 Å². The topological polar surface area (TPSA) is 43.2 Å². The van der Waals surface area contributed by atoms with Crippen LogP contribution in [-0.4, -0.2) is 39.7 Å². The summed E-state index contributed by atoms with van der Waals surface area (Å²) in [7, 11) is 1.73. The smallest absolute Gasteiger partial charge is 0.122 e. The summed E-state index contributed by atoms with van der Waals surface area (Å²) in [4.78, 5) is 11.3. The van der Waals surface area contributed by atoms with Gasteiger partial charge in [0.25, 0.3) is 0 Å². The summed E-state index contributed by atoms with van der Waals surface area (Å²) in [5.74, 6) is 1.11. The van der Waals surface area contributed by atoms with Gasteiger partial charge in [0.2, 0.25) is 0 Å². The van der Waals surface area contributed by atoms with Gasteiger partial charge in [-0.1, -0.05) is 6.07 Å². The van der Waals surface area contributed by atoms with Crippen LogP contribution in [0.1, 0.15) is 30.3 Å². The Morgan fingerprint density at radius 1 is 1.38 bits per heavy atom. The molecule has 1 atom stereocenters. The Balaban J connectivity index is 1.71. The molecule has 0 spiro atoms. The molecule has 5 heteroatoms. The molecule has 2 aromatic heterocycles. The van der Waals surface area contributed by atoms with E-state index in [1.165, 1.54) is 18.4 Å². The molecule has 0 amide bonds. The fraction of sp³-hybridized carbons (Fsp3) is 0.500. The third-order valence-corrected chi connectivity index (χ3v) is 4.12. The van der Waals surface area contributed by atoms with Gasteiger partial charge in [-0.15, -0.1) is 0 Å². The molecular weight excluding hydrogens is 264 g/mol. The minimum atomic E-state index is 0.464. The molecule has 1 fully saturated rings. The Bertz CT molecular complexity index is 554. The quantitative estimate of drug-likeness (QED) is 0.817. The van der Waals surface area contributed by atoms with Crippen LogP contribution in [0.2, 0.25) is 0 Å². The van der Waals surface area contributed by atoms with Crippen molar-refractivity contribution in [3.63, 3.8) is 0 Å². The molecule has 1 aliphatic heterocycles. The number of methoxy groups -OCH3 is 1. The second kappa shape index (κ2) is 6.83. The molecule has 0 bridgehead atoms. The number of aromatic nitrogens is 3. The second-order valence-electron chi connectivity index (χ2n) is 5.44. The van der Waals surface area contributed by atoms with Crippen LogP contribution < -0.4 is 0 Å². The number of likely N-dealkylation sites (tertiary alicyclic amines) is 1. The number of ether oxygens (including phenoxy) is 1. The highest BCUT2D eigenvalue weighted by Crippen LogP contribution is 2.32. The summed E-state index contributed by atoms with van der Waals surface area (Å²) < 4.78 is 7.34. The molecule has 2 aromatic rings. The Morgan fingerprint density at radius 2 is 2.33 bits per heavy atom. The molecule has 0 radical (unpaired) electrons. The van der Waals surface area contributed by atoms with Crippen molar-refractivity contribution in [2.24, 2.45) is 0 Å². The fourth-order valence-corrected chi connectivity index (χ4v) is 3.03. The predicted octanol–water partition coefficient (Wildman–Crippen LogP) is 2.26. The highest BCUT2D eigenvalue weighted by Gasteiger charge is 2.27. The van der Waals surface area contributed by atoms with Crippen molar-refractivity contribution < 1.29 is 4.74 Å². The lowest BCUT2D eigenvalue weighted by atomic mass is 10.1. The van der Waals surface area contributed by atoms with Gasteiger partial charge in [0, 0.05) is 44.5 Å². The number of hydrogen-bond acceptors (Lipinski definition) is 4. The van der Waals surface area contributed by atoms with Crippen LogP contribution in [0.3, 0.4) is 0 Å². The fourth-order valence-electron chi connectivity index (χ4n) is 3.03. The van der Waals surface area contributed by atoms with E-state index in [1.54, 1.807) is 7.11 Å².